The van der Waals surface area contributed by atoms with E-state index < -0.39 is 16.1 Å². The lowest BCUT2D eigenvalue weighted by molar-refractivity contribution is 0.306. The topological polar surface area (TPSA) is 99.0 Å². The number of nitrogens with zero attached hydrogens (tertiary/aromatic N) is 4. The van der Waals surface area contributed by atoms with Gasteiger partial charge >= 0.3 is 0 Å². The number of hydrogen-bond donors (Lipinski definition) is 1. The van der Waals surface area contributed by atoms with Crippen LogP contribution in [0.4, 0.5) is 0 Å². The average molecular weight is 373 g/mol. The van der Waals surface area contributed by atoms with Crippen LogP contribution in [0.1, 0.15) is 24.4 Å². The summed E-state index contributed by atoms with van der Waals surface area (Å²) >= 11 is 0. The van der Waals surface area contributed by atoms with Gasteiger partial charge in [-0.2, -0.15) is 0 Å². The van der Waals surface area contributed by atoms with Gasteiger partial charge in [0.1, 0.15) is 12.4 Å². The molecule has 26 heavy (non-hydrogen) atoms. The molecule has 9 heteroatoms. The quantitative estimate of drug-likeness (QED) is 0.678. The Hall–Kier alpha value is -2.78. The lowest BCUT2D eigenvalue weighted by Crippen LogP contribution is -2.28. The van der Waals surface area contributed by atoms with Gasteiger partial charge in [0.2, 0.25) is 10.0 Å². The molecule has 1 N–H and O–H groups in total. The van der Waals surface area contributed by atoms with Gasteiger partial charge in [0.25, 0.3) is 0 Å². The summed E-state index contributed by atoms with van der Waals surface area (Å²) in [6.45, 7) is 2.10. The molecule has 0 radical (unpaired) electrons. The second-order valence-corrected chi connectivity index (χ2v) is 7.46. The Morgan fingerprint density at radius 1 is 1.12 bits per heavy atom. The zero-order valence-corrected chi connectivity index (χ0v) is 15.2. The summed E-state index contributed by atoms with van der Waals surface area (Å²) in [7, 11) is -2.05. The molecule has 8 nitrogen and oxygen atoms in total. The van der Waals surface area contributed by atoms with Crippen molar-refractivity contribution in [2.75, 3.05) is 0 Å². The molecule has 1 unspecified atom stereocenters. The van der Waals surface area contributed by atoms with E-state index in [1.807, 2.05) is 30.3 Å². The van der Waals surface area contributed by atoms with Gasteiger partial charge in [-0.3, -0.25) is 0 Å². The number of nitrogens with one attached hydrogen (secondary N) is 1. The predicted octanol–water partition coefficient (Wildman–Crippen LogP) is 1.83. The molecular weight excluding hydrogens is 354 g/mol. The average Bonchev–Trinajstić information content (AvgIpc) is 3.07. The number of aromatic nitrogens is 4. The number of tetrazole rings is 1. The first kappa shape index (κ1) is 18.0. The molecule has 0 aliphatic heterocycles. The molecular formula is C17H19N5O3S. The molecule has 0 amide bonds. The Kier molecular flexibility index (Phi) is 5.29. The fourth-order valence-electron chi connectivity index (χ4n) is 2.41. The van der Waals surface area contributed by atoms with E-state index in [0.717, 1.165) is 5.56 Å². The molecule has 0 aliphatic rings. The molecule has 1 aromatic heterocycles. The Morgan fingerprint density at radius 3 is 2.42 bits per heavy atom. The molecule has 2 aromatic carbocycles. The molecule has 136 valence electrons. The molecule has 0 aliphatic carbocycles. The third kappa shape index (κ3) is 4.24. The van der Waals surface area contributed by atoms with Gasteiger partial charge in [0.15, 0.2) is 5.82 Å². The van der Waals surface area contributed by atoms with Gasteiger partial charge < -0.3 is 4.74 Å². The van der Waals surface area contributed by atoms with Crippen LogP contribution in [0.25, 0.3) is 0 Å². The van der Waals surface area contributed by atoms with Crippen molar-refractivity contribution in [2.24, 2.45) is 7.05 Å². The fourth-order valence-corrected chi connectivity index (χ4v) is 3.61. The SMILES string of the molecule is CC(NS(=O)(=O)c1ccc(OCc2ccccc2)cc1)c1nnnn1C. The van der Waals surface area contributed by atoms with Crippen LogP contribution in [0.3, 0.4) is 0 Å². The number of aryl methyl sites for hydroxylation is 1. The van der Waals surface area contributed by atoms with E-state index in [4.69, 9.17) is 4.74 Å². The summed E-state index contributed by atoms with van der Waals surface area (Å²) in [4.78, 5) is 0.145. The van der Waals surface area contributed by atoms with Crippen LogP contribution >= 0.6 is 0 Å². The van der Waals surface area contributed by atoms with E-state index in [1.165, 1.54) is 16.8 Å². The second kappa shape index (κ2) is 7.63. The maximum atomic E-state index is 12.5. The zero-order valence-electron chi connectivity index (χ0n) is 14.4. The van der Waals surface area contributed by atoms with Crippen LogP contribution in [-0.4, -0.2) is 28.6 Å². The van der Waals surface area contributed by atoms with Crippen LogP contribution < -0.4 is 9.46 Å². The zero-order chi connectivity index (χ0) is 18.6. The maximum absolute atomic E-state index is 12.5. The summed E-state index contributed by atoms with van der Waals surface area (Å²) in [5.41, 5.74) is 1.04. The minimum absolute atomic E-state index is 0.145. The fraction of sp³-hybridized carbons (Fsp3) is 0.235. The van der Waals surface area contributed by atoms with Crippen LogP contribution in [0, 0.1) is 0 Å². The molecule has 0 fully saturated rings. The van der Waals surface area contributed by atoms with E-state index >= 15 is 0 Å². The normalized spacial score (nSPS) is 12.7. The van der Waals surface area contributed by atoms with Gasteiger partial charge in [-0.1, -0.05) is 30.3 Å². The number of ether oxygens (including phenoxy) is 1. The van der Waals surface area contributed by atoms with Gasteiger partial charge in [-0.25, -0.2) is 17.8 Å². The monoisotopic (exact) mass is 373 g/mol. The van der Waals surface area contributed by atoms with Crippen molar-refractivity contribution in [1.82, 2.24) is 24.9 Å². The van der Waals surface area contributed by atoms with Crippen molar-refractivity contribution in [2.45, 2.75) is 24.5 Å². The molecule has 0 bridgehead atoms. The highest BCUT2D eigenvalue weighted by Gasteiger charge is 2.21. The van der Waals surface area contributed by atoms with Crippen molar-refractivity contribution < 1.29 is 13.2 Å². The number of benzene rings is 2. The highest BCUT2D eigenvalue weighted by atomic mass is 32.2. The molecule has 1 heterocycles. The van der Waals surface area contributed by atoms with Crippen molar-refractivity contribution >= 4 is 10.0 Å². The van der Waals surface area contributed by atoms with E-state index in [-0.39, 0.29) is 4.90 Å². The highest BCUT2D eigenvalue weighted by Crippen LogP contribution is 2.19. The molecule has 3 rings (SSSR count). The Labute approximate surface area is 151 Å². The minimum atomic E-state index is -3.70. The highest BCUT2D eigenvalue weighted by molar-refractivity contribution is 7.89. The third-order valence-corrected chi connectivity index (χ3v) is 5.31. The van der Waals surface area contributed by atoms with Crippen molar-refractivity contribution in [3.63, 3.8) is 0 Å². The van der Waals surface area contributed by atoms with Crippen LogP contribution in [0.15, 0.2) is 59.5 Å². The number of sulfonamides is 1. The second-order valence-electron chi connectivity index (χ2n) is 5.75. The first-order valence-electron chi connectivity index (χ1n) is 7.97. The largest absolute Gasteiger partial charge is 0.489 e. The summed E-state index contributed by atoms with van der Waals surface area (Å²) < 4.78 is 34.7. The summed E-state index contributed by atoms with van der Waals surface area (Å²) in [5, 5.41) is 11.0. The molecule has 0 saturated carbocycles. The van der Waals surface area contributed by atoms with Crippen LogP contribution in [0.2, 0.25) is 0 Å². The van der Waals surface area contributed by atoms with E-state index in [0.29, 0.717) is 18.2 Å². The summed E-state index contributed by atoms with van der Waals surface area (Å²) in [5.74, 6) is 1.02. The summed E-state index contributed by atoms with van der Waals surface area (Å²) in [6.07, 6.45) is 0. The molecule has 0 saturated heterocycles. The Balaban J connectivity index is 1.66. The molecule has 0 spiro atoms. The maximum Gasteiger partial charge on any atom is 0.241 e. The lowest BCUT2D eigenvalue weighted by Gasteiger charge is -2.13. The van der Waals surface area contributed by atoms with Crippen LogP contribution in [0.5, 0.6) is 5.75 Å². The van der Waals surface area contributed by atoms with Crippen LogP contribution in [-0.2, 0) is 23.7 Å². The van der Waals surface area contributed by atoms with Crippen molar-refractivity contribution in [3.8, 4) is 5.75 Å². The van der Waals surface area contributed by atoms with E-state index in [9.17, 15) is 8.42 Å². The smallest absolute Gasteiger partial charge is 0.241 e. The third-order valence-electron chi connectivity index (χ3n) is 3.75. The predicted molar refractivity (Wildman–Crippen MR) is 94.8 cm³/mol. The first-order valence-corrected chi connectivity index (χ1v) is 9.45. The molecule has 3 aromatic rings. The van der Waals surface area contributed by atoms with Gasteiger partial charge in [0, 0.05) is 7.05 Å². The standard InChI is InChI=1S/C17H19N5O3S/c1-13(17-18-20-21-22(17)2)19-26(23,24)16-10-8-15(9-11-16)25-12-14-6-4-3-5-7-14/h3-11,13,19H,12H2,1-2H3. The Bertz CT molecular complexity index is 956. The number of hydrogen-bond acceptors (Lipinski definition) is 6. The first-order chi connectivity index (χ1) is 12.5. The van der Waals surface area contributed by atoms with Gasteiger partial charge in [-0.15, -0.1) is 5.10 Å². The van der Waals surface area contributed by atoms with E-state index in [2.05, 4.69) is 20.2 Å². The number of rotatable bonds is 7. The lowest BCUT2D eigenvalue weighted by atomic mass is 10.2. The Morgan fingerprint density at radius 2 is 1.81 bits per heavy atom. The van der Waals surface area contributed by atoms with Crippen molar-refractivity contribution in [1.29, 1.82) is 0 Å². The minimum Gasteiger partial charge on any atom is -0.489 e. The summed E-state index contributed by atoms with van der Waals surface area (Å²) in [6, 6.07) is 15.5. The molecule has 1 atom stereocenters. The van der Waals surface area contributed by atoms with E-state index in [1.54, 1.807) is 26.1 Å². The van der Waals surface area contributed by atoms with Gasteiger partial charge in [0.05, 0.1) is 10.9 Å². The van der Waals surface area contributed by atoms with Crippen molar-refractivity contribution in [3.05, 3.63) is 66.0 Å². The van der Waals surface area contributed by atoms with Gasteiger partial charge in [-0.05, 0) is 47.2 Å².